The fraction of sp³-hybridized carbons (Fsp3) is 0.571. The molecule has 1 N–H and O–H groups in total. The van der Waals surface area contributed by atoms with Crippen LogP contribution in [0.4, 0.5) is 0 Å². The molecule has 0 spiro atoms. The maximum absolute atomic E-state index is 12.3. The van der Waals surface area contributed by atoms with E-state index in [1.807, 2.05) is 0 Å². The normalized spacial score (nSPS) is 23.2. The van der Waals surface area contributed by atoms with Gasteiger partial charge in [0.1, 0.15) is 0 Å². The Bertz CT molecular complexity index is 572. The Hall–Kier alpha value is -0.330. The lowest BCUT2D eigenvalue weighted by Crippen LogP contribution is -2.44. The number of hydrogen-bond donors (Lipinski definition) is 1. The van der Waals surface area contributed by atoms with Gasteiger partial charge in [0, 0.05) is 29.1 Å². The zero-order chi connectivity index (χ0) is 15.5. The number of hydrogen-bond acceptors (Lipinski definition) is 3. The molecule has 21 heavy (non-hydrogen) atoms. The van der Waals surface area contributed by atoms with Crippen LogP contribution in [0.15, 0.2) is 18.2 Å². The molecule has 1 heterocycles. The van der Waals surface area contributed by atoms with E-state index in [2.05, 4.69) is 4.72 Å². The topological polar surface area (TPSA) is 55.4 Å². The number of rotatable bonds is 5. The molecule has 0 unspecified atom stereocenters. The fourth-order valence-corrected chi connectivity index (χ4v) is 4.93. The molecule has 0 aromatic heterocycles. The highest BCUT2D eigenvalue weighted by Crippen LogP contribution is 2.31. The molecule has 0 aliphatic carbocycles. The van der Waals surface area contributed by atoms with Crippen molar-refractivity contribution in [3.05, 3.63) is 33.8 Å². The van der Waals surface area contributed by atoms with Crippen molar-refractivity contribution in [2.75, 3.05) is 19.8 Å². The maximum Gasteiger partial charge on any atom is 0.214 e. The van der Waals surface area contributed by atoms with Gasteiger partial charge in [0.05, 0.1) is 11.9 Å². The first kappa shape index (κ1) is 17.0. The molecule has 0 saturated carbocycles. The summed E-state index contributed by atoms with van der Waals surface area (Å²) < 4.78 is 32.7. The van der Waals surface area contributed by atoms with Gasteiger partial charge in [0.25, 0.3) is 0 Å². The average molecular weight is 352 g/mol. The zero-order valence-electron chi connectivity index (χ0n) is 11.8. The first-order valence-corrected chi connectivity index (χ1v) is 9.25. The third-order valence-corrected chi connectivity index (χ3v) is 6.49. The lowest BCUT2D eigenvalue weighted by Gasteiger charge is -2.31. The molecule has 1 aliphatic rings. The van der Waals surface area contributed by atoms with E-state index in [4.69, 9.17) is 27.9 Å². The van der Waals surface area contributed by atoms with Gasteiger partial charge in [0.15, 0.2) is 0 Å². The molecule has 1 fully saturated rings. The van der Waals surface area contributed by atoms with Crippen LogP contribution < -0.4 is 4.72 Å². The quantitative estimate of drug-likeness (QED) is 0.887. The van der Waals surface area contributed by atoms with Gasteiger partial charge in [-0.2, -0.15) is 0 Å². The summed E-state index contributed by atoms with van der Waals surface area (Å²) in [5.74, 6) is -0.153. The summed E-state index contributed by atoms with van der Waals surface area (Å²) in [5, 5.41) is 0.652. The van der Waals surface area contributed by atoms with Crippen LogP contribution in [0.2, 0.25) is 10.0 Å². The zero-order valence-corrected chi connectivity index (χ0v) is 14.1. The van der Waals surface area contributed by atoms with E-state index in [-0.39, 0.29) is 5.92 Å². The summed E-state index contributed by atoms with van der Waals surface area (Å²) in [6, 6.07) is 5.30. The lowest BCUT2D eigenvalue weighted by atomic mass is 9.93. The van der Waals surface area contributed by atoms with Crippen molar-refractivity contribution in [2.24, 2.45) is 5.92 Å². The van der Waals surface area contributed by atoms with Gasteiger partial charge in [-0.25, -0.2) is 13.1 Å². The molecule has 118 valence electrons. The Balaban J connectivity index is 2.24. The molecule has 0 amide bonds. The second-order valence-corrected chi connectivity index (χ2v) is 7.91. The van der Waals surface area contributed by atoms with Gasteiger partial charge >= 0.3 is 0 Å². The summed E-state index contributed by atoms with van der Waals surface area (Å²) >= 11 is 12.4. The fourth-order valence-electron chi connectivity index (χ4n) is 2.67. The number of ether oxygens (including phenoxy) is 1. The van der Waals surface area contributed by atoms with E-state index in [0.29, 0.717) is 42.6 Å². The van der Waals surface area contributed by atoms with Gasteiger partial charge in [-0.15, -0.1) is 0 Å². The summed E-state index contributed by atoms with van der Waals surface area (Å²) in [5.41, 5.74) is 0.785. The number of sulfonamides is 1. The molecule has 2 rings (SSSR count). The number of benzene rings is 1. The predicted octanol–water partition coefficient (Wildman–Crippen LogP) is 2.88. The molecule has 1 aliphatic heterocycles. The second-order valence-electron chi connectivity index (χ2n) is 5.11. The Morgan fingerprint density at radius 1 is 1.33 bits per heavy atom. The Kier molecular flexibility index (Phi) is 5.91. The maximum atomic E-state index is 12.3. The molecular formula is C14H19Cl2NO3S. The van der Waals surface area contributed by atoms with E-state index in [1.165, 1.54) is 0 Å². The third-order valence-electron chi connectivity index (χ3n) is 3.68. The highest BCUT2D eigenvalue weighted by Gasteiger charge is 2.36. The van der Waals surface area contributed by atoms with Crippen LogP contribution in [0.1, 0.15) is 18.9 Å². The SMILES string of the molecule is CCNS(=O)(=O)[C@H]1CCOC[C@@H]1Cc1c(Cl)cccc1Cl. The molecule has 2 atom stereocenters. The Labute approximate surface area is 135 Å². The van der Waals surface area contributed by atoms with Gasteiger partial charge in [0.2, 0.25) is 10.0 Å². The Morgan fingerprint density at radius 2 is 2.00 bits per heavy atom. The van der Waals surface area contributed by atoms with Crippen molar-refractivity contribution in [3.63, 3.8) is 0 Å². The van der Waals surface area contributed by atoms with Crippen LogP contribution >= 0.6 is 23.2 Å². The van der Waals surface area contributed by atoms with Crippen molar-refractivity contribution in [2.45, 2.75) is 25.0 Å². The standard InChI is InChI=1S/C14H19Cl2NO3S/c1-2-17-21(18,19)14-6-7-20-9-10(14)8-11-12(15)4-3-5-13(11)16/h3-5,10,14,17H,2,6-9H2,1H3/t10-,14-/m0/s1. The highest BCUT2D eigenvalue weighted by atomic mass is 35.5. The van der Waals surface area contributed by atoms with Crippen molar-refractivity contribution >= 4 is 33.2 Å². The smallest absolute Gasteiger partial charge is 0.214 e. The number of halogens is 2. The summed E-state index contributed by atoms with van der Waals surface area (Å²) in [4.78, 5) is 0. The molecule has 0 radical (unpaired) electrons. The monoisotopic (exact) mass is 351 g/mol. The largest absolute Gasteiger partial charge is 0.381 e. The van der Waals surface area contributed by atoms with Gasteiger partial charge in [-0.3, -0.25) is 0 Å². The Morgan fingerprint density at radius 3 is 2.62 bits per heavy atom. The summed E-state index contributed by atoms with van der Waals surface area (Å²) in [6.45, 7) is 3.02. The predicted molar refractivity (Wildman–Crippen MR) is 85.5 cm³/mol. The van der Waals surface area contributed by atoms with Crippen LogP contribution in [-0.2, 0) is 21.2 Å². The summed E-state index contributed by atoms with van der Waals surface area (Å²) in [6.07, 6.45) is 0.982. The number of nitrogens with one attached hydrogen (secondary N) is 1. The van der Waals surface area contributed by atoms with E-state index in [9.17, 15) is 8.42 Å². The van der Waals surface area contributed by atoms with E-state index < -0.39 is 15.3 Å². The molecule has 7 heteroatoms. The van der Waals surface area contributed by atoms with Gasteiger partial charge in [-0.1, -0.05) is 36.2 Å². The average Bonchev–Trinajstić information content (AvgIpc) is 2.43. The molecular weight excluding hydrogens is 333 g/mol. The van der Waals surface area contributed by atoms with E-state index in [1.54, 1.807) is 25.1 Å². The first-order chi connectivity index (χ1) is 9.95. The molecule has 1 aromatic rings. The van der Waals surface area contributed by atoms with Crippen molar-refractivity contribution in [3.8, 4) is 0 Å². The van der Waals surface area contributed by atoms with Crippen molar-refractivity contribution in [1.82, 2.24) is 4.72 Å². The van der Waals surface area contributed by atoms with Crippen LogP contribution in [0.25, 0.3) is 0 Å². The van der Waals surface area contributed by atoms with Crippen molar-refractivity contribution in [1.29, 1.82) is 0 Å². The van der Waals surface area contributed by atoms with E-state index in [0.717, 1.165) is 5.56 Å². The van der Waals surface area contributed by atoms with Crippen molar-refractivity contribution < 1.29 is 13.2 Å². The lowest BCUT2D eigenvalue weighted by molar-refractivity contribution is 0.0570. The summed E-state index contributed by atoms with van der Waals surface area (Å²) in [7, 11) is -3.34. The molecule has 4 nitrogen and oxygen atoms in total. The first-order valence-electron chi connectivity index (χ1n) is 6.94. The second kappa shape index (κ2) is 7.29. The minimum absolute atomic E-state index is 0.153. The van der Waals surface area contributed by atoms with Crippen LogP contribution in [-0.4, -0.2) is 33.4 Å². The van der Waals surface area contributed by atoms with Crippen LogP contribution in [0, 0.1) is 5.92 Å². The van der Waals surface area contributed by atoms with E-state index >= 15 is 0 Å². The minimum atomic E-state index is -3.34. The van der Waals surface area contributed by atoms with Gasteiger partial charge < -0.3 is 4.74 Å². The van der Waals surface area contributed by atoms with Crippen LogP contribution in [0.3, 0.4) is 0 Å². The molecule has 1 saturated heterocycles. The van der Waals surface area contributed by atoms with Crippen LogP contribution in [0.5, 0.6) is 0 Å². The molecule has 0 bridgehead atoms. The highest BCUT2D eigenvalue weighted by molar-refractivity contribution is 7.90. The van der Waals surface area contributed by atoms with Gasteiger partial charge in [-0.05, 0) is 30.5 Å². The minimum Gasteiger partial charge on any atom is -0.381 e. The molecule has 1 aromatic carbocycles. The third kappa shape index (κ3) is 4.11.